The molecule has 2 aliphatic carbocycles. The van der Waals surface area contributed by atoms with Crippen LogP contribution in [0.25, 0.3) is 24.3 Å². The van der Waals surface area contributed by atoms with E-state index < -0.39 is 0 Å². The Labute approximate surface area is 101 Å². The Morgan fingerprint density at radius 1 is 0.647 bits per heavy atom. The number of fused-ring (bicyclic) bond motifs is 4. The minimum absolute atomic E-state index is 1.18. The monoisotopic (exact) mass is 216 g/mol. The molecule has 2 aromatic rings. The molecule has 0 bridgehead atoms. The molecule has 0 amide bonds. The van der Waals surface area contributed by atoms with Gasteiger partial charge < -0.3 is 0 Å². The topological polar surface area (TPSA) is 0 Å². The molecule has 0 aliphatic heterocycles. The zero-order valence-electron chi connectivity index (χ0n) is 9.48. The van der Waals surface area contributed by atoms with Crippen LogP contribution in [0.15, 0.2) is 36.4 Å². The summed E-state index contributed by atoms with van der Waals surface area (Å²) in [5, 5.41) is 0. The van der Waals surface area contributed by atoms with Crippen LogP contribution in [0, 0.1) is 0 Å². The van der Waals surface area contributed by atoms with Crippen LogP contribution in [-0.4, -0.2) is 0 Å². The molecule has 0 heteroatoms. The molecule has 0 saturated carbocycles. The largest absolute Gasteiger partial charge is 0.0616 e. The molecule has 0 aromatic heterocycles. The van der Waals surface area contributed by atoms with E-state index in [1.54, 1.807) is 0 Å². The Morgan fingerprint density at radius 2 is 1.35 bits per heavy atom. The zero-order valence-corrected chi connectivity index (χ0v) is 9.48. The highest BCUT2D eigenvalue weighted by molar-refractivity contribution is 5.88. The lowest BCUT2D eigenvalue weighted by Crippen LogP contribution is -1.85. The van der Waals surface area contributed by atoms with Crippen LogP contribution in [-0.2, 0) is 6.42 Å². The Kier molecular flexibility index (Phi) is 1.70. The highest BCUT2D eigenvalue weighted by atomic mass is 14.2. The fraction of sp³-hybridized carbons (Fsp3) is 0.0588. The van der Waals surface area contributed by atoms with E-state index in [0.29, 0.717) is 0 Å². The van der Waals surface area contributed by atoms with Gasteiger partial charge in [0.2, 0.25) is 0 Å². The minimum atomic E-state index is 1.18. The van der Waals surface area contributed by atoms with E-state index in [1.807, 2.05) is 0 Å². The van der Waals surface area contributed by atoms with E-state index in [0.717, 1.165) is 0 Å². The molecule has 2 aromatic carbocycles. The fourth-order valence-electron chi connectivity index (χ4n) is 2.54. The highest BCUT2D eigenvalue weighted by Crippen LogP contribution is 2.36. The molecule has 0 nitrogen and oxygen atoms in total. The first-order valence-electron chi connectivity index (χ1n) is 6.02. The van der Waals surface area contributed by atoms with Crippen LogP contribution >= 0.6 is 0 Å². The van der Waals surface area contributed by atoms with Crippen LogP contribution in [0.3, 0.4) is 0 Å². The second-order valence-electron chi connectivity index (χ2n) is 4.68. The Hall–Kier alpha value is -2.08. The first kappa shape index (κ1) is 9.00. The van der Waals surface area contributed by atoms with Crippen molar-refractivity contribution >= 4 is 24.3 Å². The molecule has 17 heavy (non-hydrogen) atoms. The maximum Gasteiger partial charge on any atom is -0.00137 e. The molecular formula is C17H12. The SMILES string of the molecule is C1=C\c2ccc3c(c2/C=C\c2ccccc2/1)C3. The lowest BCUT2D eigenvalue weighted by Gasteiger charge is -2.06. The first-order valence-corrected chi connectivity index (χ1v) is 6.02. The van der Waals surface area contributed by atoms with Gasteiger partial charge in [0, 0.05) is 0 Å². The average Bonchev–Trinajstić information content (AvgIpc) is 3.10. The van der Waals surface area contributed by atoms with Crippen LogP contribution in [0.1, 0.15) is 33.4 Å². The summed E-state index contributed by atoms with van der Waals surface area (Å²) < 4.78 is 0. The third kappa shape index (κ3) is 1.38. The Morgan fingerprint density at radius 3 is 2.18 bits per heavy atom. The predicted molar refractivity (Wildman–Crippen MR) is 73.5 cm³/mol. The summed E-state index contributed by atoms with van der Waals surface area (Å²) in [5.74, 6) is 0. The number of hydrogen-bond donors (Lipinski definition) is 0. The zero-order chi connectivity index (χ0) is 11.2. The van der Waals surface area contributed by atoms with Crippen molar-refractivity contribution in [1.82, 2.24) is 0 Å². The van der Waals surface area contributed by atoms with Gasteiger partial charge >= 0.3 is 0 Å². The normalized spacial score (nSPS) is 18.1. The maximum absolute atomic E-state index is 2.27. The molecule has 0 saturated heterocycles. The summed E-state index contributed by atoms with van der Waals surface area (Å²) in [6.45, 7) is 0. The third-order valence-electron chi connectivity index (χ3n) is 3.60. The molecule has 80 valence electrons. The summed E-state index contributed by atoms with van der Waals surface area (Å²) in [7, 11) is 0. The molecule has 0 fully saturated rings. The predicted octanol–water partition coefficient (Wildman–Crippen LogP) is 4.25. The van der Waals surface area contributed by atoms with Crippen molar-refractivity contribution in [3.8, 4) is 0 Å². The molecule has 0 atom stereocenters. The van der Waals surface area contributed by atoms with Crippen molar-refractivity contribution in [3.63, 3.8) is 0 Å². The van der Waals surface area contributed by atoms with Crippen LogP contribution in [0.2, 0.25) is 0 Å². The lowest BCUT2D eigenvalue weighted by molar-refractivity contribution is 1.57. The standard InChI is InChI=1S/C17H12/c1-2-4-13-9-10-16-14(6-5-12(13)3-1)7-8-15-11-17(15)16/h1-10H,11H2/b6-5-,10-9-,12-5?,13-9?,14-6?,16-10?. The van der Waals surface area contributed by atoms with Gasteiger partial charge in [-0.05, 0) is 39.8 Å². The van der Waals surface area contributed by atoms with Gasteiger partial charge in [0.05, 0.1) is 0 Å². The summed E-state index contributed by atoms with van der Waals surface area (Å²) in [6, 6.07) is 13.0. The molecule has 4 rings (SSSR count). The Bertz CT molecular complexity index is 672. The van der Waals surface area contributed by atoms with Crippen molar-refractivity contribution < 1.29 is 0 Å². The van der Waals surface area contributed by atoms with E-state index >= 15 is 0 Å². The summed E-state index contributed by atoms with van der Waals surface area (Å²) >= 11 is 0. The van der Waals surface area contributed by atoms with Gasteiger partial charge in [-0.15, -0.1) is 0 Å². The summed E-state index contributed by atoms with van der Waals surface area (Å²) in [6.07, 6.45) is 10.1. The van der Waals surface area contributed by atoms with E-state index in [-0.39, 0.29) is 0 Å². The third-order valence-corrected chi connectivity index (χ3v) is 3.60. The van der Waals surface area contributed by atoms with Gasteiger partial charge in [0.25, 0.3) is 0 Å². The average molecular weight is 216 g/mol. The van der Waals surface area contributed by atoms with Gasteiger partial charge in [0.1, 0.15) is 0 Å². The smallest absolute Gasteiger partial charge is 0.00137 e. The molecular weight excluding hydrogens is 204 g/mol. The van der Waals surface area contributed by atoms with E-state index in [4.69, 9.17) is 0 Å². The van der Waals surface area contributed by atoms with Gasteiger partial charge in [-0.2, -0.15) is 0 Å². The van der Waals surface area contributed by atoms with E-state index in [2.05, 4.69) is 60.7 Å². The van der Waals surface area contributed by atoms with Gasteiger partial charge in [0.15, 0.2) is 0 Å². The number of hydrogen-bond acceptors (Lipinski definition) is 0. The Balaban J connectivity index is 1.94. The van der Waals surface area contributed by atoms with Crippen molar-refractivity contribution in [3.05, 3.63) is 69.8 Å². The van der Waals surface area contributed by atoms with Gasteiger partial charge in [-0.1, -0.05) is 60.7 Å². The van der Waals surface area contributed by atoms with Crippen LogP contribution < -0.4 is 0 Å². The first-order chi connectivity index (χ1) is 8.42. The highest BCUT2D eigenvalue weighted by Gasteiger charge is 2.21. The molecule has 0 unspecified atom stereocenters. The fourth-order valence-corrected chi connectivity index (χ4v) is 2.54. The second-order valence-corrected chi connectivity index (χ2v) is 4.68. The second kappa shape index (κ2) is 3.21. The quantitative estimate of drug-likeness (QED) is 0.412. The lowest BCUT2D eigenvalue weighted by atomic mass is 9.98. The van der Waals surface area contributed by atoms with E-state index in [9.17, 15) is 0 Å². The minimum Gasteiger partial charge on any atom is -0.0616 e. The van der Waals surface area contributed by atoms with Crippen molar-refractivity contribution in [1.29, 1.82) is 0 Å². The maximum atomic E-state index is 2.27. The molecule has 2 aliphatic rings. The van der Waals surface area contributed by atoms with Crippen LogP contribution in [0.5, 0.6) is 0 Å². The van der Waals surface area contributed by atoms with Gasteiger partial charge in [-0.25, -0.2) is 0 Å². The molecule has 0 radical (unpaired) electrons. The number of rotatable bonds is 0. The van der Waals surface area contributed by atoms with Crippen molar-refractivity contribution in [2.75, 3.05) is 0 Å². The summed E-state index contributed by atoms with van der Waals surface area (Å²) in [5.41, 5.74) is 8.38. The van der Waals surface area contributed by atoms with Crippen LogP contribution in [0.4, 0.5) is 0 Å². The molecule has 0 N–H and O–H groups in total. The molecule has 0 heterocycles. The van der Waals surface area contributed by atoms with Crippen molar-refractivity contribution in [2.24, 2.45) is 0 Å². The van der Waals surface area contributed by atoms with E-state index in [1.165, 1.54) is 39.8 Å². The summed E-state index contributed by atoms with van der Waals surface area (Å²) in [4.78, 5) is 0. The van der Waals surface area contributed by atoms with Crippen molar-refractivity contribution in [2.45, 2.75) is 6.42 Å². The number of benzene rings is 2. The van der Waals surface area contributed by atoms with Gasteiger partial charge in [-0.3, -0.25) is 0 Å². The molecule has 0 spiro atoms.